The lowest BCUT2D eigenvalue weighted by Gasteiger charge is -2.47. The first-order valence-corrected chi connectivity index (χ1v) is 8.80. The van der Waals surface area contributed by atoms with E-state index in [4.69, 9.17) is 4.42 Å². The number of hydrogen-bond donors (Lipinski definition) is 1. The number of carbonyl (C=O) groups is 2. The molecule has 25 heavy (non-hydrogen) atoms. The summed E-state index contributed by atoms with van der Waals surface area (Å²) in [7, 11) is 0. The number of carbonyl (C=O) groups excluding carboxylic acids is 2. The first kappa shape index (κ1) is 15.9. The second-order valence-corrected chi connectivity index (χ2v) is 6.83. The number of hydrogen-bond acceptors (Lipinski definition) is 4. The van der Waals surface area contributed by atoms with Crippen molar-refractivity contribution < 1.29 is 14.0 Å². The summed E-state index contributed by atoms with van der Waals surface area (Å²) in [4.78, 5) is 36.0. The molecule has 0 bridgehead atoms. The number of aromatic nitrogens is 2. The molecule has 7 heteroatoms. The van der Waals surface area contributed by atoms with E-state index in [0.717, 1.165) is 25.0 Å². The van der Waals surface area contributed by atoms with Gasteiger partial charge in [-0.05, 0) is 24.8 Å². The third-order valence-electron chi connectivity index (χ3n) is 5.38. The Labute approximate surface area is 146 Å². The summed E-state index contributed by atoms with van der Waals surface area (Å²) in [5, 5.41) is 0. The Hall–Kier alpha value is -2.57. The number of furan rings is 1. The Kier molecular flexibility index (Phi) is 4.29. The van der Waals surface area contributed by atoms with E-state index in [-0.39, 0.29) is 17.9 Å². The second-order valence-electron chi connectivity index (χ2n) is 6.83. The van der Waals surface area contributed by atoms with Gasteiger partial charge in [-0.3, -0.25) is 9.59 Å². The molecule has 132 valence electrons. The molecule has 2 aromatic heterocycles. The normalized spacial score (nSPS) is 23.6. The molecule has 1 N–H and O–H groups in total. The quantitative estimate of drug-likeness (QED) is 0.917. The summed E-state index contributed by atoms with van der Waals surface area (Å²) in [5.41, 5.74) is 1.64. The van der Waals surface area contributed by atoms with Crippen LogP contribution in [0.5, 0.6) is 0 Å². The van der Waals surface area contributed by atoms with Crippen molar-refractivity contribution in [1.82, 2.24) is 19.8 Å². The molecule has 2 atom stereocenters. The van der Waals surface area contributed by atoms with E-state index in [1.54, 1.807) is 18.6 Å². The van der Waals surface area contributed by atoms with Crippen molar-refractivity contribution in [2.24, 2.45) is 5.92 Å². The molecule has 2 fully saturated rings. The highest BCUT2D eigenvalue weighted by atomic mass is 16.3. The molecule has 2 aliphatic heterocycles. The van der Waals surface area contributed by atoms with Crippen LogP contribution in [0, 0.1) is 5.92 Å². The second kappa shape index (κ2) is 6.74. The van der Waals surface area contributed by atoms with Crippen molar-refractivity contribution in [1.29, 1.82) is 0 Å². The van der Waals surface area contributed by atoms with Crippen LogP contribution in [0.2, 0.25) is 0 Å². The highest BCUT2D eigenvalue weighted by Gasteiger charge is 2.40. The van der Waals surface area contributed by atoms with E-state index in [1.807, 2.05) is 9.80 Å². The van der Waals surface area contributed by atoms with E-state index < -0.39 is 0 Å². The van der Waals surface area contributed by atoms with E-state index >= 15 is 0 Å². The highest BCUT2D eigenvalue weighted by Crippen LogP contribution is 2.32. The molecule has 0 unspecified atom stereocenters. The van der Waals surface area contributed by atoms with Crippen LogP contribution in [0.4, 0.5) is 0 Å². The summed E-state index contributed by atoms with van der Waals surface area (Å²) >= 11 is 0. The van der Waals surface area contributed by atoms with Crippen LogP contribution in [0.1, 0.15) is 35.3 Å². The first-order chi connectivity index (χ1) is 12.2. The van der Waals surface area contributed by atoms with Gasteiger partial charge in [0.1, 0.15) is 6.26 Å². The summed E-state index contributed by atoms with van der Waals surface area (Å²) in [5.74, 6) is 0.604. The van der Waals surface area contributed by atoms with Gasteiger partial charge in [0, 0.05) is 50.4 Å². The number of rotatable bonds is 4. The summed E-state index contributed by atoms with van der Waals surface area (Å²) in [6.07, 6.45) is 9.53. The number of piperidine rings is 2. The van der Waals surface area contributed by atoms with Crippen LogP contribution in [-0.4, -0.2) is 57.3 Å². The number of nitrogens with zero attached hydrogens (tertiary/aromatic N) is 3. The lowest BCUT2D eigenvalue weighted by atomic mass is 9.83. The highest BCUT2D eigenvalue weighted by molar-refractivity contribution is 5.94. The third kappa shape index (κ3) is 3.18. The Balaban J connectivity index is 1.41. The molecule has 4 rings (SSSR count). The van der Waals surface area contributed by atoms with Crippen molar-refractivity contribution in [3.8, 4) is 0 Å². The van der Waals surface area contributed by atoms with Crippen LogP contribution in [0.15, 0.2) is 35.5 Å². The van der Waals surface area contributed by atoms with Gasteiger partial charge >= 0.3 is 0 Å². The SMILES string of the molecule is O=C(c1ccoc1)N1CC[C@@H]2[C@@H](CCC(=O)N2CCc2cnc[nH]2)C1. The minimum absolute atomic E-state index is 0.0214. The summed E-state index contributed by atoms with van der Waals surface area (Å²) in [6.45, 7) is 2.10. The fraction of sp³-hybridized carbons (Fsp3) is 0.500. The average Bonchev–Trinajstić information content (AvgIpc) is 3.33. The van der Waals surface area contributed by atoms with Gasteiger partial charge < -0.3 is 19.2 Å². The summed E-state index contributed by atoms with van der Waals surface area (Å²) in [6, 6.07) is 1.94. The standard InChI is InChI=1S/C18H22N4O3/c23-17-2-1-13-10-21(18(24)14-5-8-25-11-14)6-4-16(13)22(17)7-3-15-9-19-12-20-15/h5,8-9,11-13,16H,1-4,6-7,10H2,(H,19,20)/t13-,16+/m0/s1. The Morgan fingerprint density at radius 3 is 3.08 bits per heavy atom. The predicted molar refractivity (Wildman–Crippen MR) is 89.7 cm³/mol. The Morgan fingerprint density at radius 2 is 2.32 bits per heavy atom. The fourth-order valence-corrected chi connectivity index (χ4v) is 4.06. The predicted octanol–water partition coefficient (Wildman–Crippen LogP) is 1.70. The molecule has 0 aromatic carbocycles. The molecule has 2 aromatic rings. The number of imidazole rings is 1. The molecular weight excluding hydrogens is 320 g/mol. The van der Waals surface area contributed by atoms with Crippen LogP contribution in [0.25, 0.3) is 0 Å². The fourth-order valence-electron chi connectivity index (χ4n) is 4.06. The largest absolute Gasteiger partial charge is 0.472 e. The lowest BCUT2D eigenvalue weighted by Crippen LogP contribution is -2.57. The molecular formula is C18H22N4O3. The smallest absolute Gasteiger partial charge is 0.257 e. The van der Waals surface area contributed by atoms with Crippen molar-refractivity contribution in [3.63, 3.8) is 0 Å². The number of fused-ring (bicyclic) bond motifs is 1. The molecule has 4 heterocycles. The van der Waals surface area contributed by atoms with Gasteiger partial charge in [-0.2, -0.15) is 0 Å². The molecule has 0 radical (unpaired) electrons. The van der Waals surface area contributed by atoms with E-state index in [2.05, 4.69) is 9.97 Å². The molecule has 2 amide bonds. The van der Waals surface area contributed by atoms with Gasteiger partial charge in [0.15, 0.2) is 0 Å². The number of amides is 2. The van der Waals surface area contributed by atoms with Gasteiger partial charge in [-0.15, -0.1) is 0 Å². The summed E-state index contributed by atoms with van der Waals surface area (Å²) < 4.78 is 5.02. The zero-order valence-corrected chi connectivity index (χ0v) is 14.1. The van der Waals surface area contributed by atoms with Crippen molar-refractivity contribution in [3.05, 3.63) is 42.4 Å². The number of aromatic amines is 1. The van der Waals surface area contributed by atoms with E-state index in [1.165, 1.54) is 12.5 Å². The zero-order valence-electron chi connectivity index (χ0n) is 14.1. The zero-order chi connectivity index (χ0) is 17.2. The molecule has 2 aliphatic rings. The molecule has 0 aliphatic carbocycles. The average molecular weight is 342 g/mol. The van der Waals surface area contributed by atoms with Gasteiger partial charge in [0.2, 0.25) is 5.91 Å². The van der Waals surface area contributed by atoms with Gasteiger partial charge in [-0.1, -0.05) is 0 Å². The molecule has 0 spiro atoms. The molecule has 2 saturated heterocycles. The first-order valence-electron chi connectivity index (χ1n) is 8.80. The maximum atomic E-state index is 12.5. The van der Waals surface area contributed by atoms with Crippen molar-refractivity contribution in [2.75, 3.05) is 19.6 Å². The molecule has 7 nitrogen and oxygen atoms in total. The minimum Gasteiger partial charge on any atom is -0.472 e. The third-order valence-corrected chi connectivity index (χ3v) is 5.38. The number of H-pyrrole nitrogens is 1. The topological polar surface area (TPSA) is 82.4 Å². The number of likely N-dealkylation sites (tertiary alicyclic amines) is 2. The van der Waals surface area contributed by atoms with Crippen molar-refractivity contribution in [2.45, 2.75) is 31.7 Å². The van der Waals surface area contributed by atoms with E-state index in [9.17, 15) is 9.59 Å². The maximum absolute atomic E-state index is 12.5. The van der Waals surface area contributed by atoms with Crippen LogP contribution >= 0.6 is 0 Å². The lowest BCUT2D eigenvalue weighted by molar-refractivity contribution is -0.140. The Bertz CT molecular complexity index is 726. The van der Waals surface area contributed by atoms with Gasteiger partial charge in [0.25, 0.3) is 5.91 Å². The van der Waals surface area contributed by atoms with Crippen LogP contribution in [0.3, 0.4) is 0 Å². The van der Waals surface area contributed by atoms with E-state index in [0.29, 0.717) is 37.5 Å². The maximum Gasteiger partial charge on any atom is 0.257 e. The molecule has 0 saturated carbocycles. The monoisotopic (exact) mass is 342 g/mol. The van der Waals surface area contributed by atoms with Crippen LogP contribution in [-0.2, 0) is 11.2 Å². The Morgan fingerprint density at radius 1 is 1.40 bits per heavy atom. The van der Waals surface area contributed by atoms with Crippen molar-refractivity contribution >= 4 is 11.8 Å². The minimum atomic E-state index is 0.0214. The van der Waals surface area contributed by atoms with Gasteiger partial charge in [0.05, 0.1) is 18.2 Å². The van der Waals surface area contributed by atoms with Crippen LogP contribution < -0.4 is 0 Å². The number of nitrogens with one attached hydrogen (secondary N) is 1. The van der Waals surface area contributed by atoms with Gasteiger partial charge in [-0.25, -0.2) is 4.98 Å².